The van der Waals surface area contributed by atoms with E-state index in [1.165, 1.54) is 6.07 Å². The van der Waals surface area contributed by atoms with Crippen molar-refractivity contribution in [2.75, 3.05) is 20.1 Å². The third-order valence-electron chi connectivity index (χ3n) is 3.44. The van der Waals surface area contributed by atoms with Gasteiger partial charge in [-0.25, -0.2) is 4.39 Å². The number of hydrogen-bond acceptors (Lipinski definition) is 2. The number of likely N-dealkylation sites (N-methyl/N-ethyl adjacent to an activating group) is 1. The molecular formula is C13H16FNO2. The fourth-order valence-corrected chi connectivity index (χ4v) is 2.50. The number of carboxylic acids is 1. The summed E-state index contributed by atoms with van der Waals surface area (Å²) < 4.78 is 13.7. The first-order valence-corrected chi connectivity index (χ1v) is 5.75. The number of carbonyl (C=O) groups is 1. The number of benzene rings is 1. The maximum absolute atomic E-state index is 13.7. The van der Waals surface area contributed by atoms with Gasteiger partial charge >= 0.3 is 5.97 Å². The molecular weight excluding hydrogens is 221 g/mol. The Morgan fingerprint density at radius 1 is 1.47 bits per heavy atom. The van der Waals surface area contributed by atoms with E-state index >= 15 is 0 Å². The Kier molecular flexibility index (Phi) is 3.43. The third-order valence-corrected chi connectivity index (χ3v) is 3.44. The summed E-state index contributed by atoms with van der Waals surface area (Å²) >= 11 is 0. The summed E-state index contributed by atoms with van der Waals surface area (Å²) in [5.74, 6) is -1.87. The lowest BCUT2D eigenvalue weighted by atomic mass is 9.80. The predicted octanol–water partition coefficient (Wildman–Crippen LogP) is 1.95. The molecule has 1 heterocycles. The molecule has 0 bridgehead atoms. The Labute approximate surface area is 99.9 Å². The fourth-order valence-electron chi connectivity index (χ4n) is 2.50. The van der Waals surface area contributed by atoms with Gasteiger partial charge in [0.05, 0.1) is 5.92 Å². The summed E-state index contributed by atoms with van der Waals surface area (Å²) in [6.45, 7) is 1.35. The predicted molar refractivity (Wildman–Crippen MR) is 62.4 cm³/mol. The van der Waals surface area contributed by atoms with Crippen LogP contribution in [-0.4, -0.2) is 36.1 Å². The fraction of sp³-hybridized carbons (Fsp3) is 0.462. The Bertz CT molecular complexity index is 422. The standard InChI is InChI=1S/C13H16FNO2/c1-15-7-6-10(13(16)17)11(8-15)9-4-2-3-5-12(9)14/h2-5,10-11H,6-8H2,1H3,(H,16,17). The highest BCUT2D eigenvalue weighted by Crippen LogP contribution is 2.33. The zero-order valence-electron chi connectivity index (χ0n) is 9.77. The molecule has 0 aliphatic carbocycles. The van der Waals surface area contributed by atoms with Crippen LogP contribution in [0.1, 0.15) is 17.9 Å². The maximum Gasteiger partial charge on any atom is 0.307 e. The average molecular weight is 237 g/mol. The van der Waals surface area contributed by atoms with Crippen molar-refractivity contribution in [2.24, 2.45) is 5.92 Å². The van der Waals surface area contributed by atoms with Gasteiger partial charge in [-0.15, -0.1) is 0 Å². The van der Waals surface area contributed by atoms with E-state index in [0.717, 1.165) is 6.54 Å². The van der Waals surface area contributed by atoms with E-state index in [1.54, 1.807) is 18.2 Å². The maximum atomic E-state index is 13.7. The Balaban J connectivity index is 2.32. The number of likely N-dealkylation sites (tertiary alicyclic amines) is 1. The zero-order chi connectivity index (χ0) is 12.4. The molecule has 0 aromatic heterocycles. The monoisotopic (exact) mass is 237 g/mol. The van der Waals surface area contributed by atoms with Gasteiger partial charge in [-0.1, -0.05) is 18.2 Å². The second-order valence-corrected chi connectivity index (χ2v) is 4.62. The summed E-state index contributed by atoms with van der Waals surface area (Å²) in [4.78, 5) is 13.3. The largest absolute Gasteiger partial charge is 0.481 e. The van der Waals surface area contributed by atoms with Crippen LogP contribution in [0.3, 0.4) is 0 Å². The number of aliphatic carboxylic acids is 1. The second-order valence-electron chi connectivity index (χ2n) is 4.62. The molecule has 2 unspecified atom stereocenters. The number of hydrogen-bond donors (Lipinski definition) is 1. The molecule has 1 N–H and O–H groups in total. The minimum absolute atomic E-state index is 0.257. The van der Waals surface area contributed by atoms with Crippen molar-refractivity contribution in [1.29, 1.82) is 0 Å². The highest BCUT2D eigenvalue weighted by Gasteiger charge is 2.35. The van der Waals surface area contributed by atoms with E-state index in [4.69, 9.17) is 0 Å². The molecule has 0 amide bonds. The minimum atomic E-state index is -0.827. The van der Waals surface area contributed by atoms with E-state index in [-0.39, 0.29) is 11.7 Å². The molecule has 1 aromatic rings. The highest BCUT2D eigenvalue weighted by atomic mass is 19.1. The van der Waals surface area contributed by atoms with Gasteiger partial charge in [-0.3, -0.25) is 4.79 Å². The van der Waals surface area contributed by atoms with Gasteiger partial charge in [0.15, 0.2) is 0 Å². The molecule has 4 heteroatoms. The van der Waals surface area contributed by atoms with Crippen LogP contribution in [0.15, 0.2) is 24.3 Å². The van der Waals surface area contributed by atoms with E-state index in [1.807, 2.05) is 7.05 Å². The quantitative estimate of drug-likeness (QED) is 0.854. The summed E-state index contributed by atoms with van der Waals surface area (Å²) in [6.07, 6.45) is 0.574. The molecule has 2 rings (SSSR count). The summed E-state index contributed by atoms with van der Waals surface area (Å²) in [6, 6.07) is 6.46. The van der Waals surface area contributed by atoms with E-state index in [2.05, 4.69) is 4.90 Å². The molecule has 3 nitrogen and oxygen atoms in total. The van der Waals surface area contributed by atoms with Crippen molar-refractivity contribution < 1.29 is 14.3 Å². The molecule has 0 saturated carbocycles. The van der Waals surface area contributed by atoms with Crippen molar-refractivity contribution >= 4 is 5.97 Å². The van der Waals surface area contributed by atoms with E-state index in [0.29, 0.717) is 18.5 Å². The van der Waals surface area contributed by atoms with Crippen molar-refractivity contribution in [3.63, 3.8) is 0 Å². The van der Waals surface area contributed by atoms with Gasteiger partial charge in [0.25, 0.3) is 0 Å². The lowest BCUT2D eigenvalue weighted by Gasteiger charge is -2.34. The molecule has 0 radical (unpaired) electrons. The first-order valence-electron chi connectivity index (χ1n) is 5.75. The molecule has 1 aliphatic rings. The highest BCUT2D eigenvalue weighted by molar-refractivity contribution is 5.71. The van der Waals surface area contributed by atoms with Crippen LogP contribution in [-0.2, 0) is 4.79 Å². The van der Waals surface area contributed by atoms with E-state index in [9.17, 15) is 14.3 Å². The van der Waals surface area contributed by atoms with Crippen molar-refractivity contribution in [1.82, 2.24) is 4.90 Å². The lowest BCUT2D eigenvalue weighted by molar-refractivity contribution is -0.144. The Morgan fingerprint density at radius 3 is 2.82 bits per heavy atom. The lowest BCUT2D eigenvalue weighted by Crippen LogP contribution is -2.40. The number of carboxylic acid groups (broad SMARTS) is 1. The van der Waals surface area contributed by atoms with E-state index < -0.39 is 11.9 Å². The van der Waals surface area contributed by atoms with Gasteiger partial charge in [-0.05, 0) is 31.6 Å². The summed E-state index contributed by atoms with van der Waals surface area (Å²) in [5, 5.41) is 9.21. The minimum Gasteiger partial charge on any atom is -0.481 e. The van der Waals surface area contributed by atoms with Crippen LogP contribution in [0, 0.1) is 11.7 Å². The number of rotatable bonds is 2. The first-order chi connectivity index (χ1) is 8.09. The van der Waals surface area contributed by atoms with Crippen LogP contribution < -0.4 is 0 Å². The normalized spacial score (nSPS) is 25.8. The number of halogens is 1. The van der Waals surface area contributed by atoms with Gasteiger partial charge in [0.2, 0.25) is 0 Å². The molecule has 92 valence electrons. The second kappa shape index (κ2) is 4.84. The smallest absolute Gasteiger partial charge is 0.307 e. The van der Waals surface area contributed by atoms with Crippen molar-refractivity contribution in [3.8, 4) is 0 Å². The number of piperidine rings is 1. The van der Waals surface area contributed by atoms with Crippen LogP contribution in [0.2, 0.25) is 0 Å². The van der Waals surface area contributed by atoms with Crippen LogP contribution in [0.4, 0.5) is 4.39 Å². The topological polar surface area (TPSA) is 40.5 Å². The average Bonchev–Trinajstić information content (AvgIpc) is 2.29. The van der Waals surface area contributed by atoms with Gasteiger partial charge in [0.1, 0.15) is 5.82 Å². The van der Waals surface area contributed by atoms with Crippen molar-refractivity contribution in [2.45, 2.75) is 12.3 Å². The Morgan fingerprint density at radius 2 is 2.18 bits per heavy atom. The number of nitrogens with zero attached hydrogens (tertiary/aromatic N) is 1. The van der Waals surface area contributed by atoms with Gasteiger partial charge < -0.3 is 10.0 Å². The summed E-state index contributed by atoms with van der Waals surface area (Å²) in [5.41, 5.74) is 0.520. The van der Waals surface area contributed by atoms with Gasteiger partial charge in [-0.2, -0.15) is 0 Å². The molecule has 2 atom stereocenters. The first kappa shape index (κ1) is 12.0. The van der Waals surface area contributed by atoms with Crippen molar-refractivity contribution in [3.05, 3.63) is 35.6 Å². The zero-order valence-corrected chi connectivity index (χ0v) is 9.77. The van der Waals surface area contributed by atoms with Crippen LogP contribution in [0.25, 0.3) is 0 Å². The molecule has 1 aromatic carbocycles. The SMILES string of the molecule is CN1CCC(C(=O)O)C(c2ccccc2F)C1. The van der Waals surface area contributed by atoms with Crippen LogP contribution >= 0.6 is 0 Å². The summed E-state index contributed by atoms with van der Waals surface area (Å²) in [7, 11) is 1.94. The molecule has 0 spiro atoms. The van der Waals surface area contributed by atoms with Crippen LogP contribution in [0.5, 0.6) is 0 Å². The molecule has 17 heavy (non-hydrogen) atoms. The molecule has 1 fully saturated rings. The third kappa shape index (κ3) is 2.47. The molecule has 1 aliphatic heterocycles. The Hall–Kier alpha value is -1.42. The molecule has 1 saturated heterocycles. The van der Waals surface area contributed by atoms with Gasteiger partial charge in [0, 0.05) is 12.5 Å².